The van der Waals surface area contributed by atoms with Gasteiger partial charge in [-0.3, -0.25) is 14.5 Å². The van der Waals surface area contributed by atoms with Gasteiger partial charge in [0.05, 0.1) is 32.2 Å². The molecular formula is C60H47F4N3O6. The first-order valence-electron chi connectivity index (χ1n) is 23.8. The first kappa shape index (κ1) is 49.3. The molecule has 8 aromatic rings. The van der Waals surface area contributed by atoms with Crippen molar-refractivity contribution < 1.29 is 46.2 Å². The van der Waals surface area contributed by atoms with E-state index in [0.717, 1.165) is 80.6 Å². The van der Waals surface area contributed by atoms with Gasteiger partial charge in [-0.25, -0.2) is 22.4 Å². The van der Waals surface area contributed by atoms with Crippen LogP contribution in [0, 0.1) is 23.3 Å². The van der Waals surface area contributed by atoms with Crippen LogP contribution in [0.2, 0.25) is 0 Å². The molecule has 2 amide bonds. The highest BCUT2D eigenvalue weighted by Gasteiger charge is 2.24. The van der Waals surface area contributed by atoms with Crippen LogP contribution < -0.4 is 9.47 Å². The minimum Gasteiger partial charge on any atom is -0.494 e. The van der Waals surface area contributed by atoms with Gasteiger partial charge in [0.1, 0.15) is 23.1 Å². The van der Waals surface area contributed by atoms with Crippen molar-refractivity contribution in [2.45, 2.75) is 32.1 Å². The summed E-state index contributed by atoms with van der Waals surface area (Å²) in [6, 6.07) is 38.1. The Morgan fingerprint density at radius 1 is 0.521 bits per heavy atom. The van der Waals surface area contributed by atoms with Crippen molar-refractivity contribution in [2.75, 3.05) is 26.4 Å². The van der Waals surface area contributed by atoms with Crippen LogP contribution in [0.3, 0.4) is 0 Å². The predicted molar refractivity (Wildman–Crippen MR) is 278 cm³/mol. The zero-order valence-corrected chi connectivity index (χ0v) is 39.5. The van der Waals surface area contributed by atoms with Gasteiger partial charge in [-0.05, 0) is 112 Å². The maximum absolute atomic E-state index is 17.2. The molecule has 73 heavy (non-hydrogen) atoms. The van der Waals surface area contributed by atoms with E-state index in [4.69, 9.17) is 14.2 Å². The average Bonchev–Trinajstić information content (AvgIpc) is 3.73. The van der Waals surface area contributed by atoms with Gasteiger partial charge in [0, 0.05) is 64.2 Å². The molecule has 0 saturated heterocycles. The molecule has 1 aliphatic heterocycles. The molecule has 8 aromatic carbocycles. The number of carbonyl (C=O) groups is 3. The van der Waals surface area contributed by atoms with Crippen LogP contribution in [-0.2, 0) is 19.1 Å². The maximum atomic E-state index is 17.2. The van der Waals surface area contributed by atoms with Crippen LogP contribution >= 0.6 is 0 Å². The number of amides is 2. The number of halogens is 4. The lowest BCUT2D eigenvalue weighted by atomic mass is 9.92. The summed E-state index contributed by atoms with van der Waals surface area (Å²) in [7, 11) is 0. The summed E-state index contributed by atoms with van der Waals surface area (Å²) < 4.78 is 82.2. The molecule has 0 radical (unpaired) electrons. The molecule has 9 rings (SSSR count). The van der Waals surface area contributed by atoms with Gasteiger partial charge < -0.3 is 14.2 Å². The highest BCUT2D eigenvalue weighted by atomic mass is 19.2. The molecule has 13 heteroatoms. The van der Waals surface area contributed by atoms with Crippen LogP contribution in [0.5, 0.6) is 11.5 Å². The SMILES string of the molecule is C=CC(=O)OCCCCCCOc1ccc2cc(-c3ccc(-c4ccc(-c5ccc(OCCCN6C(=O)C=CC6=O)cc5F)c(F)c4F)c(/C=N/N=C/c4c5ccccc5cc5ccccc45)c3F)ccc2c1. The minimum atomic E-state index is -1.35. The molecule has 0 aliphatic carbocycles. The fraction of sp³-hybridized carbons (Fsp3) is 0.150. The van der Waals surface area contributed by atoms with Crippen molar-refractivity contribution in [1.29, 1.82) is 0 Å². The summed E-state index contributed by atoms with van der Waals surface area (Å²) in [5.74, 6) is -4.81. The lowest BCUT2D eigenvalue weighted by Crippen LogP contribution is -2.31. The fourth-order valence-electron chi connectivity index (χ4n) is 8.84. The Hall–Kier alpha value is -8.71. The zero-order valence-electron chi connectivity index (χ0n) is 39.5. The summed E-state index contributed by atoms with van der Waals surface area (Å²) in [6.07, 6.45) is 9.94. The second kappa shape index (κ2) is 22.6. The summed E-state index contributed by atoms with van der Waals surface area (Å²) in [6.45, 7) is 4.42. The molecule has 366 valence electrons. The highest BCUT2D eigenvalue weighted by Crippen LogP contribution is 2.38. The van der Waals surface area contributed by atoms with Gasteiger partial charge in [0.2, 0.25) is 0 Å². The van der Waals surface area contributed by atoms with Gasteiger partial charge in [-0.2, -0.15) is 10.2 Å². The number of unbranched alkanes of at least 4 members (excludes halogenated alkanes) is 3. The van der Waals surface area contributed by atoms with Crippen molar-refractivity contribution >= 4 is 62.5 Å². The number of benzene rings is 8. The van der Waals surface area contributed by atoms with Gasteiger partial charge in [0.15, 0.2) is 11.6 Å². The van der Waals surface area contributed by atoms with E-state index >= 15 is 17.6 Å². The summed E-state index contributed by atoms with van der Waals surface area (Å²) in [4.78, 5) is 35.9. The van der Waals surface area contributed by atoms with Crippen LogP contribution in [0.25, 0.3) is 65.7 Å². The van der Waals surface area contributed by atoms with E-state index in [2.05, 4.69) is 22.8 Å². The molecule has 9 nitrogen and oxygen atoms in total. The van der Waals surface area contributed by atoms with Crippen LogP contribution in [0.1, 0.15) is 43.2 Å². The largest absolute Gasteiger partial charge is 0.494 e. The maximum Gasteiger partial charge on any atom is 0.330 e. The summed E-state index contributed by atoms with van der Waals surface area (Å²) in [5, 5.41) is 14.2. The van der Waals surface area contributed by atoms with E-state index in [1.54, 1.807) is 12.3 Å². The number of esters is 1. The van der Waals surface area contributed by atoms with Crippen LogP contribution in [0.4, 0.5) is 17.6 Å². The molecule has 0 unspecified atom stereocenters. The molecule has 0 bridgehead atoms. The number of carbonyl (C=O) groups excluding carboxylic acids is 3. The van der Waals surface area contributed by atoms with Crippen LogP contribution in [-0.4, -0.2) is 61.5 Å². The number of ether oxygens (including phenoxy) is 3. The Kier molecular flexibility index (Phi) is 15.2. The topological polar surface area (TPSA) is 107 Å². The Balaban J connectivity index is 0.986. The van der Waals surface area contributed by atoms with E-state index in [9.17, 15) is 14.4 Å². The average molecular weight is 982 g/mol. The molecule has 0 spiro atoms. The van der Waals surface area contributed by atoms with E-state index < -0.39 is 41.1 Å². The van der Waals surface area contributed by atoms with E-state index in [0.29, 0.717) is 24.5 Å². The number of fused-ring (bicyclic) bond motifs is 3. The van der Waals surface area contributed by atoms with Gasteiger partial charge >= 0.3 is 5.97 Å². The summed E-state index contributed by atoms with van der Waals surface area (Å²) in [5.41, 5.74) is 0.419. The third-order valence-corrected chi connectivity index (χ3v) is 12.6. The molecular weight excluding hydrogens is 935 g/mol. The number of rotatable bonds is 20. The van der Waals surface area contributed by atoms with Crippen molar-refractivity contribution in [3.63, 3.8) is 0 Å². The smallest absolute Gasteiger partial charge is 0.330 e. The normalized spacial score (nSPS) is 12.6. The van der Waals surface area contributed by atoms with Crippen molar-refractivity contribution in [1.82, 2.24) is 4.90 Å². The molecule has 0 aromatic heterocycles. The molecule has 1 aliphatic rings. The van der Waals surface area contributed by atoms with E-state index in [-0.39, 0.29) is 58.7 Å². The molecule has 0 atom stereocenters. The Bertz CT molecular complexity index is 3460. The number of hydrogen-bond acceptors (Lipinski definition) is 8. The molecule has 1 heterocycles. The standard InChI is InChI=1S/C60H47F4N3O6/c1-2-57(70)73-30-10-4-3-9-29-71-43-19-18-38-32-42(17-16-39(38)34-43)47-22-23-48(53(58(47)62)37-66-65-36-52-45-14-7-5-12-40(45)33-41-13-6-8-15-46(41)52)50-24-25-51(60(64)59(50)63)49-21-20-44(35-54(49)61)72-31-11-28-67-55(68)26-27-56(67)69/h2,5-8,12-27,32-37H,1,3-4,9-11,28-31H2/b65-36+,66-37+. The Morgan fingerprint density at radius 3 is 1.75 bits per heavy atom. The lowest BCUT2D eigenvalue weighted by molar-refractivity contribution is -0.138. The third kappa shape index (κ3) is 11.1. The van der Waals surface area contributed by atoms with Crippen molar-refractivity contribution in [3.05, 3.63) is 193 Å². The lowest BCUT2D eigenvalue weighted by Gasteiger charge is -2.15. The Morgan fingerprint density at radius 2 is 1.07 bits per heavy atom. The number of imide groups is 1. The second-order valence-electron chi connectivity index (χ2n) is 17.3. The fourth-order valence-corrected chi connectivity index (χ4v) is 8.84. The van der Waals surface area contributed by atoms with Crippen molar-refractivity contribution in [2.24, 2.45) is 10.2 Å². The number of hydrogen-bond donors (Lipinski definition) is 0. The van der Waals surface area contributed by atoms with Gasteiger partial charge in [-0.15, -0.1) is 0 Å². The molecule has 0 saturated carbocycles. The zero-order chi connectivity index (χ0) is 50.8. The molecule has 0 N–H and O–H groups in total. The molecule has 0 fully saturated rings. The van der Waals surface area contributed by atoms with E-state index in [1.807, 2.05) is 78.9 Å². The number of nitrogens with zero attached hydrogens (tertiary/aromatic N) is 3. The monoisotopic (exact) mass is 981 g/mol. The summed E-state index contributed by atoms with van der Waals surface area (Å²) >= 11 is 0. The minimum absolute atomic E-state index is 0.0187. The Labute approximate surface area is 418 Å². The van der Waals surface area contributed by atoms with Crippen molar-refractivity contribution in [3.8, 4) is 44.9 Å². The van der Waals surface area contributed by atoms with Crippen LogP contribution in [0.15, 0.2) is 168 Å². The second-order valence-corrected chi connectivity index (χ2v) is 17.3. The quantitative estimate of drug-likeness (QED) is 0.0110. The van der Waals surface area contributed by atoms with E-state index in [1.165, 1.54) is 54.8 Å². The first-order valence-corrected chi connectivity index (χ1v) is 23.8. The third-order valence-electron chi connectivity index (χ3n) is 12.6. The van der Waals surface area contributed by atoms with Gasteiger partial charge in [-0.1, -0.05) is 97.6 Å². The first-order chi connectivity index (χ1) is 35.6. The predicted octanol–water partition coefficient (Wildman–Crippen LogP) is 13.5. The highest BCUT2D eigenvalue weighted by molar-refractivity contribution is 6.14. The van der Waals surface area contributed by atoms with Gasteiger partial charge in [0.25, 0.3) is 11.8 Å².